The van der Waals surface area contributed by atoms with Crippen LogP contribution in [0.3, 0.4) is 0 Å². The summed E-state index contributed by atoms with van der Waals surface area (Å²) < 4.78 is 2.32. The Kier molecular flexibility index (Phi) is 4.16. The molecular formula is C19H26N2. The van der Waals surface area contributed by atoms with Gasteiger partial charge in [-0.3, -0.25) is 0 Å². The number of fused-ring (bicyclic) bond motifs is 1. The normalized spacial score (nSPS) is 19.5. The molecule has 21 heavy (non-hydrogen) atoms. The van der Waals surface area contributed by atoms with Crippen molar-refractivity contribution in [2.75, 3.05) is 0 Å². The lowest BCUT2D eigenvalue weighted by molar-refractivity contribution is 0.480. The molecule has 2 atom stereocenters. The first-order valence-corrected chi connectivity index (χ1v) is 8.14. The SMILES string of the molecule is CC(C)C(N)c1ccn(CC2CCCc3ccccc32)c1. The minimum absolute atomic E-state index is 0.143. The highest BCUT2D eigenvalue weighted by Crippen LogP contribution is 2.33. The van der Waals surface area contributed by atoms with Gasteiger partial charge in [0.15, 0.2) is 0 Å². The highest BCUT2D eigenvalue weighted by atomic mass is 14.9. The highest BCUT2D eigenvalue weighted by Gasteiger charge is 2.20. The van der Waals surface area contributed by atoms with Crippen molar-refractivity contribution >= 4 is 0 Å². The van der Waals surface area contributed by atoms with Gasteiger partial charge in [-0.2, -0.15) is 0 Å². The molecule has 2 aromatic rings. The number of aromatic nitrogens is 1. The van der Waals surface area contributed by atoms with E-state index in [0.717, 1.165) is 6.54 Å². The Morgan fingerprint density at radius 3 is 2.86 bits per heavy atom. The molecule has 0 radical (unpaired) electrons. The quantitative estimate of drug-likeness (QED) is 0.892. The summed E-state index contributed by atoms with van der Waals surface area (Å²) in [7, 11) is 0. The molecule has 2 nitrogen and oxygen atoms in total. The predicted octanol–water partition coefficient (Wildman–Crippen LogP) is 4.26. The van der Waals surface area contributed by atoms with Gasteiger partial charge in [0.2, 0.25) is 0 Å². The maximum atomic E-state index is 6.25. The minimum Gasteiger partial charge on any atom is -0.353 e. The fraction of sp³-hybridized carbons (Fsp3) is 0.474. The molecule has 1 aliphatic rings. The number of benzene rings is 1. The lowest BCUT2D eigenvalue weighted by Gasteiger charge is -2.26. The summed E-state index contributed by atoms with van der Waals surface area (Å²) in [6.07, 6.45) is 8.26. The van der Waals surface area contributed by atoms with E-state index in [4.69, 9.17) is 5.73 Å². The Bertz CT molecular complexity index is 597. The van der Waals surface area contributed by atoms with E-state index >= 15 is 0 Å². The molecular weight excluding hydrogens is 256 g/mol. The van der Waals surface area contributed by atoms with Crippen LogP contribution in [0, 0.1) is 5.92 Å². The Hall–Kier alpha value is -1.54. The van der Waals surface area contributed by atoms with E-state index in [1.54, 1.807) is 11.1 Å². The van der Waals surface area contributed by atoms with Crippen molar-refractivity contribution in [2.24, 2.45) is 11.7 Å². The fourth-order valence-electron chi connectivity index (χ4n) is 3.45. The van der Waals surface area contributed by atoms with Crippen LogP contribution in [0.5, 0.6) is 0 Å². The molecule has 1 aliphatic carbocycles. The molecule has 0 amide bonds. The van der Waals surface area contributed by atoms with Gasteiger partial charge in [0.1, 0.15) is 0 Å². The first-order valence-electron chi connectivity index (χ1n) is 8.14. The van der Waals surface area contributed by atoms with Gasteiger partial charge in [-0.25, -0.2) is 0 Å². The zero-order valence-corrected chi connectivity index (χ0v) is 13.1. The van der Waals surface area contributed by atoms with Crippen molar-refractivity contribution in [3.8, 4) is 0 Å². The number of rotatable bonds is 4. The van der Waals surface area contributed by atoms with Gasteiger partial charge in [-0.1, -0.05) is 38.1 Å². The van der Waals surface area contributed by atoms with E-state index in [-0.39, 0.29) is 6.04 Å². The van der Waals surface area contributed by atoms with Crippen molar-refractivity contribution in [3.63, 3.8) is 0 Å². The van der Waals surface area contributed by atoms with E-state index in [1.807, 2.05) is 0 Å². The van der Waals surface area contributed by atoms with Crippen LogP contribution in [0.1, 0.15) is 55.3 Å². The van der Waals surface area contributed by atoms with Gasteiger partial charge >= 0.3 is 0 Å². The van der Waals surface area contributed by atoms with Crippen molar-refractivity contribution < 1.29 is 0 Å². The van der Waals surface area contributed by atoms with Crippen LogP contribution < -0.4 is 5.73 Å². The average molecular weight is 282 g/mol. The zero-order chi connectivity index (χ0) is 14.8. The predicted molar refractivity (Wildman–Crippen MR) is 88.3 cm³/mol. The number of hydrogen-bond donors (Lipinski definition) is 1. The fourth-order valence-corrected chi connectivity index (χ4v) is 3.45. The van der Waals surface area contributed by atoms with E-state index in [1.165, 1.54) is 24.8 Å². The van der Waals surface area contributed by atoms with Crippen LogP contribution >= 0.6 is 0 Å². The maximum Gasteiger partial charge on any atom is 0.0333 e. The number of nitrogens with zero attached hydrogens (tertiary/aromatic N) is 1. The lowest BCUT2D eigenvalue weighted by Crippen LogP contribution is -2.17. The molecule has 1 aromatic carbocycles. The first-order chi connectivity index (χ1) is 10.1. The molecule has 0 spiro atoms. The monoisotopic (exact) mass is 282 g/mol. The second-order valence-electron chi connectivity index (χ2n) is 6.70. The Labute approximate surface area is 128 Å². The molecule has 1 heterocycles. The van der Waals surface area contributed by atoms with Crippen LogP contribution in [0.15, 0.2) is 42.7 Å². The Balaban J connectivity index is 1.76. The third-order valence-electron chi connectivity index (χ3n) is 4.80. The van der Waals surface area contributed by atoms with E-state index in [2.05, 4.69) is 61.1 Å². The molecule has 2 N–H and O–H groups in total. The molecule has 0 saturated heterocycles. The van der Waals surface area contributed by atoms with E-state index in [9.17, 15) is 0 Å². The molecule has 1 aromatic heterocycles. The Morgan fingerprint density at radius 1 is 1.24 bits per heavy atom. The molecule has 0 bridgehead atoms. The molecule has 0 aliphatic heterocycles. The van der Waals surface area contributed by atoms with Gasteiger partial charge in [-0.05, 0) is 47.9 Å². The lowest BCUT2D eigenvalue weighted by atomic mass is 9.83. The molecule has 112 valence electrons. The third-order valence-corrected chi connectivity index (χ3v) is 4.80. The van der Waals surface area contributed by atoms with Crippen molar-refractivity contribution in [3.05, 3.63) is 59.4 Å². The largest absolute Gasteiger partial charge is 0.353 e. The zero-order valence-electron chi connectivity index (χ0n) is 13.1. The van der Waals surface area contributed by atoms with Gasteiger partial charge in [-0.15, -0.1) is 0 Å². The number of aryl methyl sites for hydroxylation is 1. The van der Waals surface area contributed by atoms with Gasteiger partial charge < -0.3 is 10.3 Å². The average Bonchev–Trinajstić information content (AvgIpc) is 2.95. The molecule has 0 saturated carbocycles. The van der Waals surface area contributed by atoms with E-state index < -0.39 is 0 Å². The van der Waals surface area contributed by atoms with Crippen molar-refractivity contribution in [2.45, 2.75) is 51.6 Å². The number of hydrogen-bond acceptors (Lipinski definition) is 1. The van der Waals surface area contributed by atoms with Gasteiger partial charge in [0.25, 0.3) is 0 Å². The summed E-state index contributed by atoms with van der Waals surface area (Å²) in [4.78, 5) is 0. The standard InChI is InChI=1S/C19H26N2/c1-14(2)19(20)17-10-11-21(13-17)12-16-8-5-7-15-6-3-4-9-18(15)16/h3-4,6,9-11,13-14,16,19H,5,7-8,12,20H2,1-2H3. The summed E-state index contributed by atoms with van der Waals surface area (Å²) in [6, 6.07) is 11.3. The summed E-state index contributed by atoms with van der Waals surface area (Å²) in [6.45, 7) is 5.43. The van der Waals surface area contributed by atoms with Gasteiger partial charge in [0.05, 0.1) is 0 Å². The topological polar surface area (TPSA) is 30.9 Å². The van der Waals surface area contributed by atoms with Crippen molar-refractivity contribution in [1.82, 2.24) is 4.57 Å². The second-order valence-corrected chi connectivity index (χ2v) is 6.70. The van der Waals surface area contributed by atoms with Crippen LogP contribution in [0.2, 0.25) is 0 Å². The van der Waals surface area contributed by atoms with Crippen LogP contribution in [-0.4, -0.2) is 4.57 Å². The smallest absolute Gasteiger partial charge is 0.0333 e. The maximum absolute atomic E-state index is 6.25. The van der Waals surface area contributed by atoms with Crippen LogP contribution in [0.25, 0.3) is 0 Å². The summed E-state index contributed by atoms with van der Waals surface area (Å²) >= 11 is 0. The molecule has 3 rings (SSSR count). The Morgan fingerprint density at radius 2 is 2.05 bits per heavy atom. The van der Waals surface area contributed by atoms with Crippen LogP contribution in [0.4, 0.5) is 0 Å². The highest BCUT2D eigenvalue weighted by molar-refractivity contribution is 5.32. The number of nitrogens with two attached hydrogens (primary N) is 1. The molecule has 2 heteroatoms. The second kappa shape index (κ2) is 6.07. The molecule has 2 unspecified atom stereocenters. The van der Waals surface area contributed by atoms with Crippen LogP contribution in [-0.2, 0) is 13.0 Å². The van der Waals surface area contributed by atoms with Gasteiger partial charge in [0, 0.05) is 30.9 Å². The minimum atomic E-state index is 0.143. The van der Waals surface area contributed by atoms with E-state index in [0.29, 0.717) is 11.8 Å². The first kappa shape index (κ1) is 14.4. The summed E-state index contributed by atoms with van der Waals surface area (Å²) in [5.74, 6) is 1.13. The third kappa shape index (κ3) is 3.06. The molecule has 0 fully saturated rings. The summed E-state index contributed by atoms with van der Waals surface area (Å²) in [5.41, 5.74) is 10.6. The van der Waals surface area contributed by atoms with Crippen molar-refractivity contribution in [1.29, 1.82) is 0 Å². The summed E-state index contributed by atoms with van der Waals surface area (Å²) in [5, 5.41) is 0.